The van der Waals surface area contributed by atoms with Crippen molar-refractivity contribution in [3.63, 3.8) is 0 Å². The van der Waals surface area contributed by atoms with Crippen molar-refractivity contribution in [2.75, 3.05) is 32.7 Å². The normalized spacial score (nSPS) is 25.1. The molecule has 1 aromatic carbocycles. The molecule has 6 nitrogen and oxygen atoms in total. The second kappa shape index (κ2) is 10.3. The molecule has 196 valence electrons. The lowest BCUT2D eigenvalue weighted by Gasteiger charge is -2.36. The van der Waals surface area contributed by atoms with E-state index in [1.54, 1.807) is 12.1 Å². The van der Waals surface area contributed by atoms with Crippen LogP contribution in [0.2, 0.25) is 0 Å². The predicted octanol–water partition coefficient (Wildman–Crippen LogP) is 4.82. The van der Waals surface area contributed by atoms with Crippen LogP contribution in [0, 0.1) is 17.2 Å². The fourth-order valence-corrected chi connectivity index (χ4v) is 7.05. The molecule has 3 heterocycles. The van der Waals surface area contributed by atoms with E-state index in [-0.39, 0.29) is 23.1 Å². The molecule has 3 atom stereocenters. The van der Waals surface area contributed by atoms with E-state index < -0.39 is 12.0 Å². The molecule has 0 unspecified atom stereocenters. The molecule has 0 amide bonds. The van der Waals surface area contributed by atoms with Crippen molar-refractivity contribution in [1.29, 1.82) is 0 Å². The number of carboxylic acid groups (broad SMARTS) is 1. The third-order valence-corrected chi connectivity index (χ3v) is 8.72. The Balaban J connectivity index is 1.29. The van der Waals surface area contributed by atoms with E-state index in [0.29, 0.717) is 12.5 Å². The SMILES string of the molecule is CC(C)(C)[C@H](C(=O)O)N1C[C@H](CN2CCC(c3n[nH]c4c3CCCC4)CC2)[C@@H](c2cccc(F)c2)C1. The van der Waals surface area contributed by atoms with Crippen molar-refractivity contribution < 1.29 is 14.3 Å². The van der Waals surface area contributed by atoms with Crippen molar-refractivity contribution in [3.8, 4) is 0 Å². The van der Waals surface area contributed by atoms with Crippen molar-refractivity contribution in [1.82, 2.24) is 20.0 Å². The van der Waals surface area contributed by atoms with Gasteiger partial charge in [0.25, 0.3) is 0 Å². The summed E-state index contributed by atoms with van der Waals surface area (Å²) in [5.41, 5.74) is 4.75. The van der Waals surface area contributed by atoms with E-state index in [9.17, 15) is 14.3 Å². The van der Waals surface area contributed by atoms with E-state index in [0.717, 1.165) is 57.4 Å². The minimum atomic E-state index is -0.774. The zero-order valence-electron chi connectivity index (χ0n) is 22.0. The van der Waals surface area contributed by atoms with E-state index in [2.05, 4.69) is 14.9 Å². The Morgan fingerprint density at radius 3 is 2.64 bits per heavy atom. The Bertz CT molecular complexity index is 1070. The lowest BCUT2D eigenvalue weighted by Crippen LogP contribution is -2.48. The topological polar surface area (TPSA) is 72.5 Å². The molecule has 2 saturated heterocycles. The Morgan fingerprint density at radius 2 is 1.94 bits per heavy atom. The number of piperidine rings is 1. The summed E-state index contributed by atoms with van der Waals surface area (Å²) in [6.45, 7) is 10.3. The number of H-pyrrole nitrogens is 1. The molecule has 36 heavy (non-hydrogen) atoms. The number of fused-ring (bicyclic) bond motifs is 1. The number of likely N-dealkylation sites (tertiary alicyclic amines) is 2. The molecule has 1 aliphatic carbocycles. The van der Waals surface area contributed by atoms with Crippen LogP contribution >= 0.6 is 0 Å². The molecular weight excluding hydrogens is 455 g/mol. The molecule has 7 heteroatoms. The molecule has 2 aliphatic heterocycles. The Hall–Kier alpha value is -2.25. The molecular formula is C29H41FN4O2. The van der Waals surface area contributed by atoms with Crippen molar-refractivity contribution in [3.05, 3.63) is 52.6 Å². The number of carboxylic acids is 1. The molecule has 0 radical (unpaired) electrons. The van der Waals surface area contributed by atoms with Crippen LogP contribution in [0.1, 0.15) is 80.8 Å². The number of rotatable bonds is 6. The van der Waals surface area contributed by atoms with Crippen LogP contribution in [0.25, 0.3) is 0 Å². The first-order valence-electron chi connectivity index (χ1n) is 13.7. The van der Waals surface area contributed by atoms with Crippen LogP contribution in [0.15, 0.2) is 24.3 Å². The van der Waals surface area contributed by atoms with Gasteiger partial charge in [0.05, 0.1) is 5.69 Å². The molecule has 1 aromatic heterocycles. The summed E-state index contributed by atoms with van der Waals surface area (Å²) in [5, 5.41) is 18.1. The molecule has 2 fully saturated rings. The van der Waals surface area contributed by atoms with Gasteiger partial charge in [-0.3, -0.25) is 14.8 Å². The summed E-state index contributed by atoms with van der Waals surface area (Å²) in [5.74, 6) is -0.0786. The highest BCUT2D eigenvalue weighted by atomic mass is 19.1. The third-order valence-electron chi connectivity index (χ3n) is 8.72. The van der Waals surface area contributed by atoms with Crippen LogP contribution in [-0.2, 0) is 17.6 Å². The van der Waals surface area contributed by atoms with E-state index in [1.165, 1.54) is 35.9 Å². The zero-order valence-corrected chi connectivity index (χ0v) is 22.0. The molecule has 2 N–H and O–H groups in total. The second-order valence-corrected chi connectivity index (χ2v) is 12.3. The van der Waals surface area contributed by atoms with Gasteiger partial charge in [0, 0.05) is 37.2 Å². The molecule has 2 aromatic rings. The fraction of sp³-hybridized carbons (Fsp3) is 0.655. The number of halogens is 1. The van der Waals surface area contributed by atoms with Crippen molar-refractivity contribution >= 4 is 5.97 Å². The maximum atomic E-state index is 14.2. The third kappa shape index (κ3) is 5.23. The first-order valence-corrected chi connectivity index (χ1v) is 13.7. The van der Waals surface area contributed by atoms with Crippen molar-refractivity contribution in [2.24, 2.45) is 11.3 Å². The average molecular weight is 497 g/mol. The smallest absolute Gasteiger partial charge is 0.321 e. The second-order valence-electron chi connectivity index (χ2n) is 12.3. The van der Waals surface area contributed by atoms with Gasteiger partial charge in [-0.05, 0) is 86.2 Å². The number of aromatic nitrogens is 2. The van der Waals surface area contributed by atoms with Gasteiger partial charge < -0.3 is 10.0 Å². The number of nitrogens with zero attached hydrogens (tertiary/aromatic N) is 3. The average Bonchev–Trinajstić information content (AvgIpc) is 3.43. The van der Waals surface area contributed by atoms with Crippen LogP contribution < -0.4 is 0 Å². The summed E-state index contributed by atoms with van der Waals surface area (Å²) in [6, 6.07) is 6.35. The molecule has 0 saturated carbocycles. The van der Waals surface area contributed by atoms with E-state index in [4.69, 9.17) is 5.10 Å². The highest BCUT2D eigenvalue weighted by Gasteiger charge is 2.44. The molecule has 5 rings (SSSR count). The maximum Gasteiger partial charge on any atom is 0.321 e. The quantitative estimate of drug-likeness (QED) is 0.600. The Kier molecular flexibility index (Phi) is 7.23. The van der Waals surface area contributed by atoms with Gasteiger partial charge in [-0.1, -0.05) is 32.9 Å². The number of hydrogen-bond donors (Lipinski definition) is 2. The number of hydrogen-bond acceptors (Lipinski definition) is 4. The van der Waals surface area contributed by atoms with Gasteiger partial charge in [0.15, 0.2) is 0 Å². The van der Waals surface area contributed by atoms with Crippen LogP contribution in [0.3, 0.4) is 0 Å². The molecule has 3 aliphatic rings. The van der Waals surface area contributed by atoms with Gasteiger partial charge in [-0.2, -0.15) is 5.10 Å². The van der Waals surface area contributed by atoms with Crippen LogP contribution in [-0.4, -0.2) is 69.8 Å². The van der Waals surface area contributed by atoms with Crippen LogP contribution in [0.4, 0.5) is 4.39 Å². The number of aliphatic carboxylic acids is 1. The molecule has 0 bridgehead atoms. The first kappa shape index (κ1) is 25.4. The standard InChI is InChI=1S/C29H41FN4O2/c1-29(2,3)27(28(35)36)34-17-21(24(18-34)20-7-6-8-22(30)15-20)16-33-13-11-19(12-14-33)26-23-9-4-5-10-25(23)31-32-26/h6-8,15,19,21,24,27H,4-5,9-14,16-18H2,1-3H3,(H,31,32)(H,35,36)/t21-,24+,27-/m0/s1. The van der Waals surface area contributed by atoms with E-state index in [1.807, 2.05) is 26.8 Å². The monoisotopic (exact) mass is 496 g/mol. The highest BCUT2D eigenvalue weighted by Crippen LogP contribution is 2.39. The number of nitrogens with one attached hydrogen (secondary N) is 1. The Morgan fingerprint density at radius 1 is 1.19 bits per heavy atom. The summed E-state index contributed by atoms with van der Waals surface area (Å²) in [4.78, 5) is 16.9. The predicted molar refractivity (Wildman–Crippen MR) is 139 cm³/mol. The number of aromatic amines is 1. The lowest BCUT2D eigenvalue weighted by atomic mass is 9.85. The maximum absolute atomic E-state index is 14.2. The van der Waals surface area contributed by atoms with E-state index >= 15 is 0 Å². The number of aryl methyl sites for hydroxylation is 1. The van der Waals surface area contributed by atoms with Gasteiger partial charge in [0.2, 0.25) is 0 Å². The Labute approximate surface area is 214 Å². The fourth-order valence-electron chi connectivity index (χ4n) is 7.05. The van der Waals surface area contributed by atoms with Gasteiger partial charge in [-0.25, -0.2) is 4.39 Å². The number of benzene rings is 1. The van der Waals surface area contributed by atoms with Gasteiger partial charge in [0.1, 0.15) is 11.9 Å². The summed E-state index contributed by atoms with van der Waals surface area (Å²) in [6.07, 6.45) is 7.04. The van der Waals surface area contributed by atoms with Crippen LogP contribution in [0.5, 0.6) is 0 Å². The largest absolute Gasteiger partial charge is 0.480 e. The summed E-state index contributed by atoms with van der Waals surface area (Å²) < 4.78 is 14.2. The summed E-state index contributed by atoms with van der Waals surface area (Å²) >= 11 is 0. The molecule has 0 spiro atoms. The highest BCUT2D eigenvalue weighted by molar-refractivity contribution is 5.74. The lowest BCUT2D eigenvalue weighted by molar-refractivity contribution is -0.147. The van der Waals surface area contributed by atoms with Gasteiger partial charge >= 0.3 is 5.97 Å². The number of carbonyl (C=O) groups is 1. The minimum absolute atomic E-state index is 0.126. The van der Waals surface area contributed by atoms with Crippen molar-refractivity contribution in [2.45, 2.75) is 77.2 Å². The van der Waals surface area contributed by atoms with Gasteiger partial charge in [-0.15, -0.1) is 0 Å². The first-order chi connectivity index (χ1) is 17.2. The minimum Gasteiger partial charge on any atom is -0.480 e. The zero-order chi connectivity index (χ0) is 25.4. The summed E-state index contributed by atoms with van der Waals surface area (Å²) in [7, 11) is 0.